The lowest BCUT2D eigenvalue weighted by atomic mass is 10.1. The van der Waals surface area contributed by atoms with E-state index < -0.39 is 0 Å². The smallest absolute Gasteiger partial charge is 0.252 e. The van der Waals surface area contributed by atoms with Crippen LogP contribution < -0.4 is 9.54 Å². The van der Waals surface area contributed by atoms with Crippen LogP contribution in [0.3, 0.4) is 0 Å². The number of thiazole rings is 1. The van der Waals surface area contributed by atoms with Gasteiger partial charge in [0.2, 0.25) is 0 Å². The molecule has 0 aliphatic heterocycles. The minimum Gasteiger partial charge on any atom is -0.494 e. The van der Waals surface area contributed by atoms with Crippen LogP contribution in [0.4, 0.5) is 0 Å². The molecule has 5 heteroatoms. The molecular formula is C22H22N2O2S. The molecule has 3 rings (SSSR count). The summed E-state index contributed by atoms with van der Waals surface area (Å²) in [4.78, 5) is 17.5. The van der Waals surface area contributed by atoms with Crippen molar-refractivity contribution in [2.75, 3.05) is 6.61 Å². The molecule has 0 saturated heterocycles. The van der Waals surface area contributed by atoms with Crippen LogP contribution in [0, 0.1) is 26.2 Å². The highest BCUT2D eigenvalue weighted by Crippen LogP contribution is 2.23. The number of aryl methyl sites for hydroxylation is 2. The first kappa shape index (κ1) is 18.9. The van der Waals surface area contributed by atoms with Crippen molar-refractivity contribution in [3.63, 3.8) is 0 Å². The molecule has 0 N–H and O–H groups in total. The Labute approximate surface area is 163 Å². The lowest BCUT2D eigenvalue weighted by molar-refractivity contribution is -0.117. The number of hydrogen-bond donors (Lipinski definition) is 0. The number of terminal acetylenes is 1. The van der Waals surface area contributed by atoms with Crippen LogP contribution in [0.2, 0.25) is 0 Å². The maximum absolute atomic E-state index is 12.5. The molecule has 0 spiro atoms. The summed E-state index contributed by atoms with van der Waals surface area (Å²) in [6.07, 6.45) is 5.79. The molecule has 27 heavy (non-hydrogen) atoms. The maximum atomic E-state index is 12.5. The fourth-order valence-corrected chi connectivity index (χ4v) is 4.13. The van der Waals surface area contributed by atoms with Gasteiger partial charge in [-0.1, -0.05) is 35.5 Å². The molecule has 0 saturated carbocycles. The van der Waals surface area contributed by atoms with Crippen LogP contribution in [0.25, 0.3) is 10.2 Å². The lowest BCUT2D eigenvalue weighted by Crippen LogP contribution is -2.17. The number of nitrogens with zero attached hydrogens (tertiary/aromatic N) is 2. The van der Waals surface area contributed by atoms with Crippen LogP contribution in [0.15, 0.2) is 41.4 Å². The Bertz CT molecular complexity index is 1080. The van der Waals surface area contributed by atoms with Gasteiger partial charge in [0.25, 0.3) is 5.91 Å². The van der Waals surface area contributed by atoms with Crippen LogP contribution in [0.5, 0.6) is 5.75 Å². The van der Waals surface area contributed by atoms with Crippen molar-refractivity contribution in [3.8, 4) is 18.1 Å². The van der Waals surface area contributed by atoms with Crippen molar-refractivity contribution in [1.29, 1.82) is 0 Å². The van der Waals surface area contributed by atoms with Gasteiger partial charge in [-0.3, -0.25) is 4.79 Å². The van der Waals surface area contributed by atoms with Crippen LogP contribution >= 0.6 is 11.3 Å². The average Bonchev–Trinajstić information content (AvgIpc) is 2.95. The van der Waals surface area contributed by atoms with Crippen LogP contribution in [0.1, 0.15) is 23.6 Å². The Hall–Kier alpha value is -2.84. The fourth-order valence-electron chi connectivity index (χ4n) is 3.03. The molecule has 0 fully saturated rings. The van der Waals surface area contributed by atoms with Gasteiger partial charge >= 0.3 is 0 Å². The summed E-state index contributed by atoms with van der Waals surface area (Å²) in [5, 5.41) is 0. The summed E-state index contributed by atoms with van der Waals surface area (Å²) in [5.41, 5.74) is 4.27. The summed E-state index contributed by atoms with van der Waals surface area (Å²) in [7, 11) is 0. The summed E-state index contributed by atoms with van der Waals surface area (Å²) in [6, 6.07) is 11.8. The van der Waals surface area contributed by atoms with E-state index in [1.165, 1.54) is 16.9 Å². The Balaban J connectivity index is 1.94. The second-order valence-electron chi connectivity index (χ2n) is 6.36. The molecule has 0 atom stereocenters. The third kappa shape index (κ3) is 4.29. The van der Waals surface area contributed by atoms with Gasteiger partial charge in [-0.15, -0.1) is 6.42 Å². The number of rotatable bonds is 5. The predicted molar refractivity (Wildman–Crippen MR) is 110 cm³/mol. The second-order valence-corrected chi connectivity index (χ2v) is 7.34. The number of benzene rings is 2. The molecule has 1 heterocycles. The Morgan fingerprint density at radius 2 is 2.00 bits per heavy atom. The number of ether oxygens (including phenoxy) is 1. The van der Waals surface area contributed by atoms with Gasteiger partial charge in [-0.25, -0.2) is 0 Å². The molecule has 1 aromatic heterocycles. The summed E-state index contributed by atoms with van der Waals surface area (Å²) in [6.45, 7) is 7.07. The van der Waals surface area contributed by atoms with Crippen molar-refractivity contribution < 1.29 is 9.53 Å². The normalized spacial score (nSPS) is 11.6. The van der Waals surface area contributed by atoms with E-state index in [9.17, 15) is 4.79 Å². The van der Waals surface area contributed by atoms with Crippen molar-refractivity contribution in [3.05, 3.63) is 57.9 Å². The number of hydrogen-bond acceptors (Lipinski definition) is 3. The van der Waals surface area contributed by atoms with E-state index in [1.807, 2.05) is 35.8 Å². The van der Waals surface area contributed by atoms with E-state index >= 15 is 0 Å². The highest BCUT2D eigenvalue weighted by atomic mass is 32.1. The minimum atomic E-state index is -0.189. The van der Waals surface area contributed by atoms with Crippen molar-refractivity contribution in [1.82, 2.24) is 4.57 Å². The standard InChI is InChI=1S/C22H22N2O2S/c1-5-11-24-19-13-15(3)12-16(4)21(19)27-22(24)23-20(25)14-17-7-9-18(10-8-17)26-6-2/h1,7-10,12-13H,6,11,14H2,2-4H3. The molecule has 3 aromatic rings. The molecule has 0 aliphatic carbocycles. The minimum absolute atomic E-state index is 0.189. The number of carbonyl (C=O) groups is 1. The third-order valence-electron chi connectivity index (χ3n) is 4.17. The molecule has 1 amide bonds. The molecule has 0 unspecified atom stereocenters. The summed E-state index contributed by atoms with van der Waals surface area (Å²) in [5.74, 6) is 3.28. The number of amides is 1. The number of fused-ring (bicyclic) bond motifs is 1. The Morgan fingerprint density at radius 3 is 2.67 bits per heavy atom. The first-order valence-corrected chi connectivity index (χ1v) is 9.66. The molecule has 0 bridgehead atoms. The molecule has 138 valence electrons. The van der Waals surface area contributed by atoms with E-state index in [1.54, 1.807) is 0 Å². The molecule has 0 aliphatic rings. The fraction of sp³-hybridized carbons (Fsp3) is 0.273. The zero-order valence-electron chi connectivity index (χ0n) is 15.8. The predicted octanol–water partition coefficient (Wildman–Crippen LogP) is 4.02. The van der Waals surface area contributed by atoms with E-state index in [4.69, 9.17) is 11.2 Å². The van der Waals surface area contributed by atoms with Crippen LogP contribution in [-0.2, 0) is 17.8 Å². The molecule has 4 nitrogen and oxygen atoms in total. The highest BCUT2D eigenvalue weighted by molar-refractivity contribution is 7.16. The molecule has 2 aromatic carbocycles. The highest BCUT2D eigenvalue weighted by Gasteiger charge is 2.10. The lowest BCUT2D eigenvalue weighted by Gasteiger charge is -2.04. The first-order valence-electron chi connectivity index (χ1n) is 8.85. The first-order chi connectivity index (χ1) is 13.0. The average molecular weight is 378 g/mol. The van der Waals surface area contributed by atoms with Crippen LogP contribution in [-0.4, -0.2) is 17.1 Å². The van der Waals surface area contributed by atoms with Gasteiger partial charge in [0.15, 0.2) is 4.80 Å². The molecular weight excluding hydrogens is 356 g/mol. The zero-order valence-corrected chi connectivity index (χ0v) is 16.6. The van der Waals surface area contributed by atoms with Gasteiger partial charge in [-0.2, -0.15) is 4.99 Å². The van der Waals surface area contributed by atoms with E-state index in [0.29, 0.717) is 18.0 Å². The topological polar surface area (TPSA) is 43.6 Å². The quantitative estimate of drug-likeness (QED) is 0.630. The summed E-state index contributed by atoms with van der Waals surface area (Å²) < 4.78 is 8.48. The van der Waals surface area contributed by atoms with E-state index in [0.717, 1.165) is 27.1 Å². The summed E-state index contributed by atoms with van der Waals surface area (Å²) >= 11 is 1.51. The van der Waals surface area contributed by atoms with Gasteiger partial charge in [0.1, 0.15) is 5.75 Å². The van der Waals surface area contributed by atoms with Crippen molar-refractivity contribution in [2.45, 2.75) is 33.7 Å². The van der Waals surface area contributed by atoms with Gasteiger partial charge in [0.05, 0.1) is 29.8 Å². The van der Waals surface area contributed by atoms with E-state index in [-0.39, 0.29) is 12.3 Å². The van der Waals surface area contributed by atoms with Gasteiger partial charge in [-0.05, 0) is 55.7 Å². The Kier molecular flexibility index (Phi) is 5.78. The Morgan fingerprint density at radius 1 is 1.26 bits per heavy atom. The monoisotopic (exact) mass is 378 g/mol. The van der Waals surface area contributed by atoms with Crippen molar-refractivity contribution in [2.24, 2.45) is 4.99 Å². The molecule has 0 radical (unpaired) electrons. The largest absolute Gasteiger partial charge is 0.494 e. The zero-order chi connectivity index (χ0) is 19.4. The van der Waals surface area contributed by atoms with Gasteiger partial charge in [0, 0.05) is 0 Å². The maximum Gasteiger partial charge on any atom is 0.252 e. The number of carbonyl (C=O) groups excluding carboxylic acids is 1. The SMILES string of the molecule is C#CCn1c(=NC(=O)Cc2ccc(OCC)cc2)sc2c(C)cc(C)cc21. The third-order valence-corrected chi connectivity index (χ3v) is 5.40. The van der Waals surface area contributed by atoms with Gasteiger partial charge < -0.3 is 9.30 Å². The van der Waals surface area contributed by atoms with Crippen molar-refractivity contribution >= 4 is 27.5 Å². The van der Waals surface area contributed by atoms with E-state index in [2.05, 4.69) is 36.9 Å². The second kappa shape index (κ2) is 8.24. The number of aromatic nitrogens is 1.